The van der Waals surface area contributed by atoms with Crippen molar-refractivity contribution in [1.82, 2.24) is 15.4 Å². The molecule has 1 aromatic carbocycles. The molecule has 0 spiro atoms. The Morgan fingerprint density at radius 2 is 1.92 bits per heavy atom. The minimum atomic E-state index is -3.27. The van der Waals surface area contributed by atoms with Crippen molar-refractivity contribution >= 4 is 40.0 Å². The minimum Gasteiger partial charge on any atom is -0.382 e. The zero-order chi connectivity index (χ0) is 18.5. The molecule has 0 saturated heterocycles. The van der Waals surface area contributed by atoms with E-state index >= 15 is 0 Å². The number of guanidine groups is 1. The summed E-state index contributed by atoms with van der Waals surface area (Å²) >= 11 is 0. The first-order valence-corrected chi connectivity index (χ1v) is 10.2. The first-order chi connectivity index (χ1) is 12.0. The molecule has 0 fully saturated rings. The van der Waals surface area contributed by atoms with Crippen molar-refractivity contribution < 1.29 is 13.2 Å². The predicted molar refractivity (Wildman–Crippen MR) is 117 cm³/mol. The van der Waals surface area contributed by atoms with Gasteiger partial charge in [0.2, 0.25) is 10.0 Å². The Kier molecular flexibility index (Phi) is 13.7. The molecule has 0 aliphatic rings. The van der Waals surface area contributed by atoms with Crippen molar-refractivity contribution in [2.75, 3.05) is 33.4 Å². The molecule has 0 heterocycles. The Labute approximate surface area is 174 Å². The van der Waals surface area contributed by atoms with E-state index in [-0.39, 0.29) is 29.7 Å². The number of nitrogens with zero attached hydrogens (tertiary/aromatic N) is 1. The molecular formula is C17H31IN4O3S. The van der Waals surface area contributed by atoms with E-state index < -0.39 is 10.0 Å². The van der Waals surface area contributed by atoms with Crippen LogP contribution in [-0.2, 0) is 27.1 Å². The van der Waals surface area contributed by atoms with Gasteiger partial charge in [-0.05, 0) is 38.4 Å². The maximum atomic E-state index is 11.7. The molecule has 3 N–H and O–H groups in total. The second-order valence-corrected chi connectivity index (χ2v) is 7.38. The van der Waals surface area contributed by atoms with Crippen LogP contribution in [0, 0.1) is 0 Å². The standard InChI is InChI=1S/C17H30N4O3S.HI/c1-4-19-17(20-10-7-11-24-5-2)21-13-15-8-6-9-16(12-15)14-25(22,23)18-3;/h6,8-9,12,18H,4-5,7,10-11,13-14H2,1-3H3,(H2,19,20,21);1H. The number of sulfonamides is 1. The fraction of sp³-hybridized carbons (Fsp3) is 0.588. The zero-order valence-electron chi connectivity index (χ0n) is 15.7. The molecule has 0 saturated carbocycles. The summed E-state index contributed by atoms with van der Waals surface area (Å²) in [6.07, 6.45) is 0.912. The van der Waals surface area contributed by atoms with E-state index in [9.17, 15) is 8.42 Å². The molecule has 0 unspecified atom stereocenters. The molecule has 150 valence electrons. The Morgan fingerprint density at radius 1 is 1.19 bits per heavy atom. The lowest BCUT2D eigenvalue weighted by Crippen LogP contribution is -2.38. The van der Waals surface area contributed by atoms with Crippen LogP contribution in [-0.4, -0.2) is 47.7 Å². The van der Waals surface area contributed by atoms with Crippen molar-refractivity contribution in [2.24, 2.45) is 4.99 Å². The van der Waals surface area contributed by atoms with Crippen LogP contribution in [0.4, 0.5) is 0 Å². The van der Waals surface area contributed by atoms with Crippen LogP contribution in [0.25, 0.3) is 0 Å². The average Bonchev–Trinajstić information content (AvgIpc) is 2.59. The highest BCUT2D eigenvalue weighted by atomic mass is 127. The van der Waals surface area contributed by atoms with Gasteiger partial charge in [-0.2, -0.15) is 0 Å². The van der Waals surface area contributed by atoms with E-state index in [1.54, 1.807) is 6.07 Å². The van der Waals surface area contributed by atoms with Gasteiger partial charge in [0.15, 0.2) is 5.96 Å². The molecule has 0 aromatic heterocycles. The molecule has 0 aliphatic heterocycles. The largest absolute Gasteiger partial charge is 0.382 e. The lowest BCUT2D eigenvalue weighted by atomic mass is 10.1. The van der Waals surface area contributed by atoms with Crippen LogP contribution in [0.15, 0.2) is 29.3 Å². The number of nitrogens with one attached hydrogen (secondary N) is 3. The summed E-state index contributed by atoms with van der Waals surface area (Å²) in [6.45, 7) is 7.49. The third kappa shape index (κ3) is 10.9. The van der Waals surface area contributed by atoms with E-state index in [4.69, 9.17) is 4.74 Å². The Hall–Kier alpha value is -0.910. The molecule has 0 bridgehead atoms. The van der Waals surface area contributed by atoms with E-state index in [1.165, 1.54) is 7.05 Å². The third-order valence-electron chi connectivity index (χ3n) is 3.39. The van der Waals surface area contributed by atoms with Crippen LogP contribution in [0.2, 0.25) is 0 Å². The van der Waals surface area contributed by atoms with Crippen LogP contribution in [0.5, 0.6) is 0 Å². The number of aliphatic imine (C=N–C) groups is 1. The quantitative estimate of drug-likeness (QED) is 0.188. The minimum absolute atomic E-state index is 0. The van der Waals surface area contributed by atoms with Crippen molar-refractivity contribution in [3.63, 3.8) is 0 Å². The molecule has 0 amide bonds. The third-order valence-corrected chi connectivity index (χ3v) is 4.72. The van der Waals surface area contributed by atoms with Gasteiger partial charge in [-0.15, -0.1) is 24.0 Å². The molecular weight excluding hydrogens is 467 g/mol. The summed E-state index contributed by atoms with van der Waals surface area (Å²) < 4.78 is 31.0. The summed E-state index contributed by atoms with van der Waals surface area (Å²) in [5, 5.41) is 6.46. The highest BCUT2D eigenvalue weighted by Crippen LogP contribution is 2.09. The summed E-state index contributed by atoms with van der Waals surface area (Å²) in [5.74, 6) is 0.712. The van der Waals surface area contributed by atoms with Crippen molar-refractivity contribution in [1.29, 1.82) is 0 Å². The van der Waals surface area contributed by atoms with E-state index in [0.717, 1.165) is 49.8 Å². The van der Waals surface area contributed by atoms with Crippen molar-refractivity contribution in [3.8, 4) is 0 Å². The van der Waals surface area contributed by atoms with Gasteiger partial charge in [-0.1, -0.05) is 24.3 Å². The van der Waals surface area contributed by atoms with Gasteiger partial charge in [-0.25, -0.2) is 18.1 Å². The summed E-state index contributed by atoms with van der Waals surface area (Å²) in [4.78, 5) is 4.55. The predicted octanol–water partition coefficient (Wildman–Crippen LogP) is 1.84. The number of benzene rings is 1. The SMILES string of the molecule is CCNC(=NCc1cccc(CS(=O)(=O)NC)c1)NCCCOCC.I. The van der Waals surface area contributed by atoms with Gasteiger partial charge in [0.25, 0.3) is 0 Å². The van der Waals surface area contributed by atoms with Gasteiger partial charge < -0.3 is 15.4 Å². The van der Waals surface area contributed by atoms with E-state index in [2.05, 4.69) is 20.3 Å². The van der Waals surface area contributed by atoms with Gasteiger partial charge in [0.05, 0.1) is 12.3 Å². The van der Waals surface area contributed by atoms with Crippen LogP contribution in [0.3, 0.4) is 0 Å². The van der Waals surface area contributed by atoms with Crippen LogP contribution in [0.1, 0.15) is 31.4 Å². The van der Waals surface area contributed by atoms with E-state index in [1.807, 2.05) is 32.0 Å². The lowest BCUT2D eigenvalue weighted by Gasteiger charge is -2.11. The Morgan fingerprint density at radius 3 is 2.58 bits per heavy atom. The molecule has 9 heteroatoms. The topological polar surface area (TPSA) is 91.8 Å². The molecule has 1 rings (SSSR count). The van der Waals surface area contributed by atoms with Gasteiger partial charge in [0.1, 0.15) is 0 Å². The van der Waals surface area contributed by atoms with Gasteiger partial charge in [0, 0.05) is 26.3 Å². The second kappa shape index (κ2) is 14.2. The first-order valence-electron chi connectivity index (χ1n) is 8.59. The number of ether oxygens (including phenoxy) is 1. The first kappa shape index (κ1) is 25.1. The maximum Gasteiger partial charge on any atom is 0.215 e. The van der Waals surface area contributed by atoms with Gasteiger partial charge >= 0.3 is 0 Å². The number of hydrogen-bond acceptors (Lipinski definition) is 4. The number of halogens is 1. The van der Waals surface area contributed by atoms with Gasteiger partial charge in [-0.3, -0.25) is 0 Å². The number of hydrogen-bond donors (Lipinski definition) is 3. The highest BCUT2D eigenvalue weighted by molar-refractivity contribution is 14.0. The molecule has 7 nitrogen and oxygen atoms in total. The van der Waals surface area contributed by atoms with Crippen LogP contribution >= 0.6 is 24.0 Å². The fourth-order valence-electron chi connectivity index (χ4n) is 2.15. The molecule has 26 heavy (non-hydrogen) atoms. The van der Waals surface area contributed by atoms with Crippen LogP contribution < -0.4 is 15.4 Å². The lowest BCUT2D eigenvalue weighted by molar-refractivity contribution is 0.145. The number of rotatable bonds is 11. The normalized spacial score (nSPS) is 11.7. The molecule has 0 radical (unpaired) electrons. The smallest absolute Gasteiger partial charge is 0.215 e. The summed E-state index contributed by atoms with van der Waals surface area (Å²) in [7, 11) is -1.85. The monoisotopic (exact) mass is 498 g/mol. The second-order valence-electron chi connectivity index (χ2n) is 5.46. The van der Waals surface area contributed by atoms with E-state index in [0.29, 0.717) is 6.54 Å². The van der Waals surface area contributed by atoms with Crippen molar-refractivity contribution in [2.45, 2.75) is 32.6 Å². The Bertz CT molecular complexity index is 639. The summed E-state index contributed by atoms with van der Waals surface area (Å²) in [6, 6.07) is 7.47. The van der Waals surface area contributed by atoms with Crippen molar-refractivity contribution in [3.05, 3.63) is 35.4 Å². The molecule has 1 aromatic rings. The Balaban J connectivity index is 0.00000625. The molecule has 0 atom stereocenters. The summed E-state index contributed by atoms with van der Waals surface area (Å²) in [5.41, 5.74) is 1.71. The highest BCUT2D eigenvalue weighted by Gasteiger charge is 2.08. The maximum absolute atomic E-state index is 11.7. The molecule has 0 aliphatic carbocycles. The fourth-order valence-corrected chi connectivity index (χ4v) is 2.91. The average molecular weight is 498 g/mol. The zero-order valence-corrected chi connectivity index (χ0v) is 18.9.